The van der Waals surface area contributed by atoms with E-state index < -0.39 is 0 Å². The van der Waals surface area contributed by atoms with Gasteiger partial charge in [0.1, 0.15) is 18.2 Å². The monoisotopic (exact) mass is 449 g/mol. The van der Waals surface area contributed by atoms with Crippen molar-refractivity contribution in [2.75, 3.05) is 11.1 Å². The molecule has 2 aromatic carbocycles. The second-order valence-corrected chi connectivity index (χ2v) is 9.02. The van der Waals surface area contributed by atoms with E-state index in [1.165, 1.54) is 17.3 Å². The molecule has 32 heavy (non-hydrogen) atoms. The smallest absolute Gasteiger partial charge is 0.279 e. The standard InChI is InChI=1S/C25H27N3O3S/c1-4-13-32-25-27-24(30)22-20(14-21(29)26-23(22)28(25)3)17-9-11-19(12-10-17)31-15-18-8-6-5-7-16(18)2/h5-12,20H,4,13-15H2,1-3H3,(H,26,29)/t20-/m0/s1. The summed E-state index contributed by atoms with van der Waals surface area (Å²) in [5.41, 5.74) is 3.50. The van der Waals surface area contributed by atoms with Gasteiger partial charge < -0.3 is 14.6 Å². The zero-order chi connectivity index (χ0) is 22.7. The minimum atomic E-state index is -0.333. The van der Waals surface area contributed by atoms with Crippen LogP contribution in [0.25, 0.3) is 0 Å². The number of ether oxygens (including phenoxy) is 1. The van der Waals surface area contributed by atoms with Crippen LogP contribution in [0.4, 0.5) is 5.82 Å². The van der Waals surface area contributed by atoms with E-state index >= 15 is 0 Å². The molecule has 7 heteroatoms. The van der Waals surface area contributed by atoms with Crippen molar-refractivity contribution in [1.82, 2.24) is 9.55 Å². The fourth-order valence-corrected chi connectivity index (χ4v) is 4.69. The summed E-state index contributed by atoms with van der Waals surface area (Å²) in [6, 6.07) is 15.8. The van der Waals surface area contributed by atoms with Gasteiger partial charge in [-0.3, -0.25) is 9.59 Å². The third kappa shape index (κ3) is 4.58. The molecule has 3 aromatic rings. The van der Waals surface area contributed by atoms with E-state index in [2.05, 4.69) is 36.3 Å². The summed E-state index contributed by atoms with van der Waals surface area (Å²) >= 11 is 1.52. The van der Waals surface area contributed by atoms with E-state index in [0.29, 0.717) is 23.1 Å². The maximum atomic E-state index is 12.9. The van der Waals surface area contributed by atoms with Gasteiger partial charge in [-0.2, -0.15) is 4.98 Å². The van der Waals surface area contributed by atoms with Gasteiger partial charge in [0.15, 0.2) is 5.16 Å². The van der Waals surface area contributed by atoms with Gasteiger partial charge in [-0.15, -0.1) is 0 Å². The van der Waals surface area contributed by atoms with Crippen LogP contribution in [-0.4, -0.2) is 21.2 Å². The number of carbonyl (C=O) groups is 1. The summed E-state index contributed by atoms with van der Waals surface area (Å²) < 4.78 is 7.76. The highest BCUT2D eigenvalue weighted by Gasteiger charge is 2.32. The molecule has 1 amide bonds. The number of rotatable bonds is 7. The lowest BCUT2D eigenvalue weighted by Crippen LogP contribution is -2.33. The Morgan fingerprint density at radius 2 is 1.91 bits per heavy atom. The number of hydrogen-bond donors (Lipinski definition) is 1. The fraction of sp³-hybridized carbons (Fsp3) is 0.320. The van der Waals surface area contributed by atoms with Crippen LogP contribution in [-0.2, 0) is 18.4 Å². The fourth-order valence-electron chi connectivity index (χ4n) is 3.87. The first-order valence-electron chi connectivity index (χ1n) is 10.8. The Balaban J connectivity index is 1.59. The van der Waals surface area contributed by atoms with Crippen LogP contribution >= 0.6 is 11.8 Å². The van der Waals surface area contributed by atoms with Crippen LogP contribution in [0.1, 0.15) is 47.9 Å². The van der Waals surface area contributed by atoms with Crippen molar-refractivity contribution >= 4 is 23.5 Å². The lowest BCUT2D eigenvalue weighted by atomic mass is 9.87. The van der Waals surface area contributed by atoms with Crippen LogP contribution in [0.2, 0.25) is 0 Å². The molecule has 0 saturated carbocycles. The first-order chi connectivity index (χ1) is 15.5. The Hall–Kier alpha value is -3.06. The number of fused-ring (bicyclic) bond motifs is 1. The van der Waals surface area contributed by atoms with E-state index in [0.717, 1.165) is 29.1 Å². The van der Waals surface area contributed by atoms with Crippen LogP contribution < -0.4 is 15.6 Å². The number of amides is 1. The lowest BCUT2D eigenvalue weighted by Gasteiger charge is -2.27. The maximum Gasteiger partial charge on any atom is 0.279 e. The molecule has 2 heterocycles. The van der Waals surface area contributed by atoms with Gasteiger partial charge in [0.2, 0.25) is 5.91 Å². The Kier molecular flexibility index (Phi) is 6.65. The molecular weight excluding hydrogens is 422 g/mol. The number of aromatic nitrogens is 2. The van der Waals surface area contributed by atoms with E-state index in [1.807, 2.05) is 48.0 Å². The molecule has 0 unspecified atom stereocenters. The molecule has 0 spiro atoms. The molecule has 6 nitrogen and oxygen atoms in total. The van der Waals surface area contributed by atoms with E-state index in [9.17, 15) is 9.59 Å². The first-order valence-corrected chi connectivity index (χ1v) is 11.8. The van der Waals surface area contributed by atoms with Crippen molar-refractivity contribution in [3.8, 4) is 5.75 Å². The second kappa shape index (κ2) is 9.61. The van der Waals surface area contributed by atoms with Gasteiger partial charge >= 0.3 is 0 Å². The Morgan fingerprint density at radius 1 is 1.16 bits per heavy atom. The molecule has 1 N–H and O–H groups in total. The number of thioether (sulfide) groups is 1. The summed E-state index contributed by atoms with van der Waals surface area (Å²) in [5.74, 6) is 1.72. The van der Waals surface area contributed by atoms with Crippen molar-refractivity contribution in [2.24, 2.45) is 7.05 Å². The predicted molar refractivity (Wildman–Crippen MR) is 128 cm³/mol. The third-order valence-corrected chi connectivity index (χ3v) is 6.91. The number of anilines is 1. The van der Waals surface area contributed by atoms with Crippen LogP contribution in [0.5, 0.6) is 5.75 Å². The molecule has 0 bridgehead atoms. The average molecular weight is 450 g/mol. The Bertz CT molecular complexity index is 1190. The molecule has 1 atom stereocenters. The molecule has 1 aliphatic heterocycles. The van der Waals surface area contributed by atoms with Gasteiger partial charge in [0.05, 0.1) is 5.56 Å². The number of nitrogens with zero attached hydrogens (tertiary/aromatic N) is 2. The largest absolute Gasteiger partial charge is 0.489 e. The van der Waals surface area contributed by atoms with E-state index in [4.69, 9.17) is 4.74 Å². The molecule has 0 fully saturated rings. The summed E-state index contributed by atoms with van der Waals surface area (Å²) in [6.07, 6.45) is 1.19. The normalized spacial score (nSPS) is 15.2. The zero-order valence-corrected chi connectivity index (χ0v) is 19.4. The molecule has 1 aliphatic rings. The summed E-state index contributed by atoms with van der Waals surface area (Å²) in [7, 11) is 1.84. The minimum absolute atomic E-state index is 0.102. The zero-order valence-electron chi connectivity index (χ0n) is 18.6. The van der Waals surface area contributed by atoms with Gasteiger partial charge in [-0.1, -0.05) is 55.1 Å². The van der Waals surface area contributed by atoms with Gasteiger partial charge in [-0.05, 0) is 42.2 Å². The van der Waals surface area contributed by atoms with Gasteiger partial charge in [0, 0.05) is 25.1 Å². The summed E-state index contributed by atoms with van der Waals surface area (Å²) in [6.45, 7) is 4.63. The Labute approximate surface area is 192 Å². The average Bonchev–Trinajstić information content (AvgIpc) is 2.79. The SMILES string of the molecule is CCCSc1nc(=O)c2c(n1C)NC(=O)C[C@H]2c1ccc(OCc2ccccc2C)cc1. The van der Waals surface area contributed by atoms with Gasteiger partial charge in [-0.25, -0.2) is 0 Å². The van der Waals surface area contributed by atoms with E-state index in [1.54, 1.807) is 0 Å². The van der Waals surface area contributed by atoms with Crippen LogP contribution in [0.15, 0.2) is 58.5 Å². The minimum Gasteiger partial charge on any atom is -0.489 e. The van der Waals surface area contributed by atoms with Crippen LogP contribution in [0, 0.1) is 6.92 Å². The summed E-state index contributed by atoms with van der Waals surface area (Å²) in [5, 5.41) is 3.51. The molecule has 0 saturated heterocycles. The number of nitrogens with one attached hydrogen (secondary N) is 1. The van der Waals surface area contributed by atoms with Gasteiger partial charge in [0.25, 0.3) is 5.56 Å². The first kappa shape index (κ1) is 22.1. The van der Waals surface area contributed by atoms with E-state index in [-0.39, 0.29) is 23.8 Å². The molecular formula is C25H27N3O3S. The number of carbonyl (C=O) groups excluding carboxylic acids is 1. The lowest BCUT2D eigenvalue weighted by molar-refractivity contribution is -0.116. The van der Waals surface area contributed by atoms with Crippen LogP contribution in [0.3, 0.4) is 0 Å². The molecule has 0 aliphatic carbocycles. The van der Waals surface area contributed by atoms with Crippen molar-refractivity contribution in [1.29, 1.82) is 0 Å². The topological polar surface area (TPSA) is 73.2 Å². The molecule has 166 valence electrons. The predicted octanol–water partition coefficient (Wildman–Crippen LogP) is 4.64. The number of benzene rings is 2. The molecule has 1 aromatic heterocycles. The molecule has 4 rings (SSSR count). The highest BCUT2D eigenvalue weighted by molar-refractivity contribution is 7.99. The molecule has 0 radical (unpaired) electrons. The van der Waals surface area contributed by atoms with Crippen molar-refractivity contribution < 1.29 is 9.53 Å². The maximum absolute atomic E-state index is 12.9. The quantitative estimate of drug-likeness (QED) is 0.420. The third-order valence-electron chi connectivity index (χ3n) is 5.67. The Morgan fingerprint density at radius 3 is 2.62 bits per heavy atom. The number of aryl methyl sites for hydroxylation is 1. The highest BCUT2D eigenvalue weighted by atomic mass is 32.2. The summed E-state index contributed by atoms with van der Waals surface area (Å²) in [4.78, 5) is 29.7. The highest BCUT2D eigenvalue weighted by Crippen LogP contribution is 2.36. The van der Waals surface area contributed by atoms with Crippen molar-refractivity contribution in [3.05, 3.63) is 81.1 Å². The van der Waals surface area contributed by atoms with Crippen molar-refractivity contribution in [2.45, 2.75) is 44.4 Å². The number of hydrogen-bond acceptors (Lipinski definition) is 5. The van der Waals surface area contributed by atoms with Crippen molar-refractivity contribution in [3.63, 3.8) is 0 Å². The second-order valence-electron chi connectivity index (χ2n) is 7.96.